The maximum absolute atomic E-state index is 13.0. The summed E-state index contributed by atoms with van der Waals surface area (Å²) in [5, 5.41) is 13.5. The number of nitrogens with one attached hydrogen (secondary N) is 2. The maximum atomic E-state index is 13.0. The molecule has 1 fully saturated rings. The van der Waals surface area contributed by atoms with Crippen molar-refractivity contribution in [3.63, 3.8) is 0 Å². The van der Waals surface area contributed by atoms with Crippen LogP contribution in [0.15, 0.2) is 4.79 Å². The second-order valence-corrected chi connectivity index (χ2v) is 11.6. The second kappa shape index (κ2) is 12.0. The number of hydrogen-bond acceptors (Lipinski definition) is 8. The van der Waals surface area contributed by atoms with Gasteiger partial charge in [0.1, 0.15) is 22.5 Å². The van der Waals surface area contributed by atoms with Gasteiger partial charge in [-0.2, -0.15) is 5.26 Å². The number of H-pyrrole nitrogens is 1. The van der Waals surface area contributed by atoms with Crippen molar-refractivity contribution in [3.05, 3.63) is 43.4 Å². The van der Waals surface area contributed by atoms with Crippen molar-refractivity contribution >= 4 is 33.3 Å². The van der Waals surface area contributed by atoms with Gasteiger partial charge in [-0.05, 0) is 57.1 Å². The molecule has 1 saturated heterocycles. The Morgan fingerprint density at radius 1 is 1.18 bits per heavy atom. The van der Waals surface area contributed by atoms with Gasteiger partial charge in [0.05, 0.1) is 24.0 Å². The fourth-order valence-corrected chi connectivity index (χ4v) is 7.03. The predicted molar refractivity (Wildman–Crippen MR) is 152 cm³/mol. The van der Waals surface area contributed by atoms with Crippen LogP contribution in [0.5, 0.6) is 0 Å². The quantitative estimate of drug-likeness (QED) is 0.393. The van der Waals surface area contributed by atoms with E-state index < -0.39 is 0 Å². The summed E-state index contributed by atoms with van der Waals surface area (Å²) < 4.78 is 7.19. The molecule has 0 bridgehead atoms. The van der Waals surface area contributed by atoms with E-state index in [-0.39, 0.29) is 18.0 Å². The van der Waals surface area contributed by atoms with Gasteiger partial charge in [0, 0.05) is 57.0 Å². The number of ether oxygens (including phenoxy) is 1. The first kappa shape index (κ1) is 27.5. The molecule has 2 aliphatic rings. The van der Waals surface area contributed by atoms with Crippen LogP contribution in [0.2, 0.25) is 0 Å². The standard InChI is InChI=1S/C28H37N7O3S/c1-18-19(2)35(9-6-14-38-3)26(21(18)15-29)32-24(36)17-34-12-10-33(11-13-34)16-23-30-27(37)25-20-7-4-5-8-22(20)39-28(25)31-23/h4-14,16-17H2,1-3H3,(H,32,36)(H,30,31,37). The van der Waals surface area contributed by atoms with E-state index in [9.17, 15) is 14.9 Å². The highest BCUT2D eigenvalue weighted by atomic mass is 32.1. The molecule has 11 heteroatoms. The number of anilines is 1. The zero-order chi connectivity index (χ0) is 27.5. The van der Waals surface area contributed by atoms with Crippen LogP contribution in [-0.4, -0.2) is 76.7 Å². The number of amides is 1. The van der Waals surface area contributed by atoms with Crippen LogP contribution in [0.3, 0.4) is 0 Å². The highest BCUT2D eigenvalue weighted by Crippen LogP contribution is 2.33. The summed E-state index contributed by atoms with van der Waals surface area (Å²) in [5.41, 5.74) is 3.60. The van der Waals surface area contributed by atoms with Crippen LogP contribution in [0.4, 0.5) is 5.82 Å². The van der Waals surface area contributed by atoms with Crippen LogP contribution in [0, 0.1) is 25.2 Å². The van der Waals surface area contributed by atoms with Crippen LogP contribution in [0.25, 0.3) is 10.2 Å². The Hall–Kier alpha value is -3.04. The predicted octanol–water partition coefficient (Wildman–Crippen LogP) is 2.95. The van der Waals surface area contributed by atoms with Gasteiger partial charge in [-0.15, -0.1) is 11.3 Å². The van der Waals surface area contributed by atoms with Crippen LogP contribution in [-0.2, 0) is 35.5 Å². The van der Waals surface area contributed by atoms with Crippen molar-refractivity contribution < 1.29 is 9.53 Å². The Balaban J connectivity index is 1.18. The summed E-state index contributed by atoms with van der Waals surface area (Å²) in [7, 11) is 1.67. The summed E-state index contributed by atoms with van der Waals surface area (Å²) in [5.74, 6) is 1.16. The van der Waals surface area contributed by atoms with E-state index in [0.29, 0.717) is 36.9 Å². The van der Waals surface area contributed by atoms with Crippen molar-refractivity contribution in [2.24, 2.45) is 0 Å². The third-order valence-corrected chi connectivity index (χ3v) is 9.19. The lowest BCUT2D eigenvalue weighted by Crippen LogP contribution is -2.48. The number of methoxy groups -OCH3 is 1. The molecule has 0 spiro atoms. The zero-order valence-corrected chi connectivity index (χ0v) is 23.9. The van der Waals surface area contributed by atoms with Gasteiger partial charge in [0.15, 0.2) is 0 Å². The summed E-state index contributed by atoms with van der Waals surface area (Å²) >= 11 is 1.68. The Morgan fingerprint density at radius 3 is 2.67 bits per heavy atom. The minimum Gasteiger partial charge on any atom is -0.385 e. The molecule has 1 aliphatic heterocycles. The molecule has 5 rings (SSSR count). The number of fused-ring (bicyclic) bond motifs is 3. The average Bonchev–Trinajstić information content (AvgIpc) is 3.40. The van der Waals surface area contributed by atoms with Crippen molar-refractivity contribution in [1.82, 2.24) is 24.3 Å². The largest absolute Gasteiger partial charge is 0.385 e. The molecule has 0 saturated carbocycles. The smallest absolute Gasteiger partial charge is 0.259 e. The van der Waals surface area contributed by atoms with Gasteiger partial charge in [-0.3, -0.25) is 19.4 Å². The SMILES string of the molecule is COCCCn1c(C)c(C)c(C#N)c1NC(=O)CN1CCN(Cc2nc3sc4c(c3c(=O)[nH]2)CCCC4)CC1. The van der Waals surface area contributed by atoms with Crippen LogP contribution >= 0.6 is 11.3 Å². The Labute approximate surface area is 232 Å². The van der Waals surface area contributed by atoms with Gasteiger partial charge in [0.25, 0.3) is 5.56 Å². The summed E-state index contributed by atoms with van der Waals surface area (Å²) in [6.07, 6.45) is 5.15. The summed E-state index contributed by atoms with van der Waals surface area (Å²) in [6.45, 7) is 9.09. The first-order valence-electron chi connectivity index (χ1n) is 13.8. The molecular formula is C28H37N7O3S. The molecule has 3 aromatic rings. The number of carbonyl (C=O) groups is 1. The molecule has 208 valence electrons. The number of carbonyl (C=O) groups excluding carboxylic acids is 1. The first-order valence-corrected chi connectivity index (χ1v) is 14.6. The summed E-state index contributed by atoms with van der Waals surface area (Å²) in [4.78, 5) is 40.3. The molecule has 0 atom stereocenters. The van der Waals surface area contributed by atoms with E-state index in [0.717, 1.165) is 73.3 Å². The third-order valence-electron chi connectivity index (χ3n) is 8.01. The maximum Gasteiger partial charge on any atom is 0.259 e. The van der Waals surface area contributed by atoms with E-state index in [4.69, 9.17) is 9.72 Å². The topological polar surface area (TPSA) is 119 Å². The van der Waals surface area contributed by atoms with Crippen molar-refractivity contribution in [3.8, 4) is 6.07 Å². The van der Waals surface area contributed by atoms with Crippen molar-refractivity contribution in [2.45, 2.75) is 59.0 Å². The average molecular weight is 552 g/mol. The van der Waals surface area contributed by atoms with Gasteiger partial charge >= 0.3 is 0 Å². The lowest BCUT2D eigenvalue weighted by molar-refractivity contribution is -0.117. The number of aryl methyl sites for hydroxylation is 2. The van der Waals surface area contributed by atoms with Gasteiger partial charge < -0.3 is 19.6 Å². The number of piperazine rings is 1. The molecule has 0 radical (unpaired) electrons. The number of rotatable bonds is 9. The highest BCUT2D eigenvalue weighted by molar-refractivity contribution is 7.18. The van der Waals surface area contributed by atoms with E-state index in [1.54, 1.807) is 18.4 Å². The molecule has 39 heavy (non-hydrogen) atoms. The fourth-order valence-electron chi connectivity index (χ4n) is 5.75. The van der Waals surface area contributed by atoms with E-state index in [2.05, 4.69) is 26.2 Å². The molecule has 1 amide bonds. The molecule has 3 aromatic heterocycles. The Morgan fingerprint density at radius 2 is 1.92 bits per heavy atom. The fraction of sp³-hybridized carbons (Fsp3) is 0.571. The van der Waals surface area contributed by atoms with Gasteiger partial charge in [0.2, 0.25) is 5.91 Å². The van der Waals surface area contributed by atoms with Crippen molar-refractivity contribution in [1.29, 1.82) is 5.26 Å². The molecule has 0 unspecified atom stereocenters. The minimum absolute atomic E-state index is 0.0149. The first-order chi connectivity index (χ1) is 18.9. The monoisotopic (exact) mass is 551 g/mol. The number of hydrogen-bond donors (Lipinski definition) is 2. The normalized spacial score (nSPS) is 16.4. The van der Waals surface area contributed by atoms with Gasteiger partial charge in [-0.1, -0.05) is 0 Å². The Kier molecular flexibility index (Phi) is 8.47. The number of nitriles is 1. The number of aromatic nitrogens is 3. The van der Waals surface area contributed by atoms with Crippen LogP contribution in [0.1, 0.15) is 52.3 Å². The minimum atomic E-state index is -0.122. The molecule has 2 N–H and O–H groups in total. The van der Waals surface area contributed by atoms with E-state index >= 15 is 0 Å². The van der Waals surface area contributed by atoms with Gasteiger partial charge in [-0.25, -0.2) is 4.98 Å². The van der Waals surface area contributed by atoms with Crippen LogP contribution < -0.4 is 10.9 Å². The number of nitrogens with zero attached hydrogens (tertiary/aromatic N) is 5. The third kappa shape index (κ3) is 5.79. The summed E-state index contributed by atoms with van der Waals surface area (Å²) in [6, 6.07) is 2.26. The molecular weight excluding hydrogens is 514 g/mol. The molecule has 10 nitrogen and oxygen atoms in total. The zero-order valence-electron chi connectivity index (χ0n) is 23.1. The lowest BCUT2D eigenvalue weighted by atomic mass is 9.97. The van der Waals surface area contributed by atoms with E-state index in [1.807, 2.05) is 18.4 Å². The number of aromatic amines is 1. The van der Waals surface area contributed by atoms with Crippen molar-refractivity contribution in [2.75, 3.05) is 51.8 Å². The molecule has 4 heterocycles. The second-order valence-electron chi connectivity index (χ2n) is 10.5. The Bertz CT molecular complexity index is 1460. The lowest BCUT2D eigenvalue weighted by Gasteiger charge is -2.33. The molecule has 0 aromatic carbocycles. The molecule has 1 aliphatic carbocycles. The van der Waals surface area contributed by atoms with E-state index in [1.165, 1.54) is 16.9 Å². The highest BCUT2D eigenvalue weighted by Gasteiger charge is 2.24. The number of thiophene rings is 1.